The fourth-order valence-corrected chi connectivity index (χ4v) is 2.24. The Morgan fingerprint density at radius 2 is 1.94 bits per heavy atom. The average molecular weight is 236 g/mol. The molecule has 0 saturated heterocycles. The van der Waals surface area contributed by atoms with Crippen LogP contribution in [0.2, 0.25) is 0 Å². The van der Waals surface area contributed by atoms with Crippen molar-refractivity contribution in [3.63, 3.8) is 0 Å². The van der Waals surface area contributed by atoms with E-state index < -0.39 is 0 Å². The fraction of sp³-hybridized carbons (Fsp3) is 0.571. The molecule has 1 rings (SSSR count). The lowest BCUT2D eigenvalue weighted by atomic mass is 9.93. The van der Waals surface area contributed by atoms with Gasteiger partial charge in [0.15, 0.2) is 0 Å². The summed E-state index contributed by atoms with van der Waals surface area (Å²) < 4.78 is 5.42. The molecule has 17 heavy (non-hydrogen) atoms. The summed E-state index contributed by atoms with van der Waals surface area (Å²) in [5.41, 5.74) is 11.1. The van der Waals surface area contributed by atoms with E-state index in [1.165, 1.54) is 16.7 Å². The van der Waals surface area contributed by atoms with Gasteiger partial charge in [0.1, 0.15) is 5.75 Å². The van der Waals surface area contributed by atoms with Crippen LogP contribution in [-0.2, 0) is 0 Å². The lowest BCUT2D eigenvalue weighted by Crippen LogP contribution is -2.19. The molecule has 1 unspecified atom stereocenters. The van der Waals surface area contributed by atoms with Crippen molar-refractivity contribution in [1.82, 2.24) is 5.32 Å². The highest BCUT2D eigenvalue weighted by molar-refractivity contribution is 5.49. The zero-order valence-corrected chi connectivity index (χ0v) is 11.6. The summed E-state index contributed by atoms with van der Waals surface area (Å²) in [5, 5.41) is 3.13. The second-order valence-electron chi connectivity index (χ2n) is 4.56. The van der Waals surface area contributed by atoms with Crippen molar-refractivity contribution in [2.75, 3.05) is 20.7 Å². The van der Waals surface area contributed by atoms with Gasteiger partial charge in [-0.05, 0) is 63.0 Å². The number of rotatable bonds is 5. The summed E-state index contributed by atoms with van der Waals surface area (Å²) in [5.74, 6) is 0.979. The van der Waals surface area contributed by atoms with Gasteiger partial charge in [-0.1, -0.05) is 6.07 Å². The number of hydrogen-bond acceptors (Lipinski definition) is 3. The lowest BCUT2D eigenvalue weighted by molar-refractivity contribution is 0.407. The van der Waals surface area contributed by atoms with Gasteiger partial charge in [0.2, 0.25) is 0 Å². The van der Waals surface area contributed by atoms with Crippen LogP contribution >= 0.6 is 0 Å². The van der Waals surface area contributed by atoms with Gasteiger partial charge in [-0.3, -0.25) is 0 Å². The minimum atomic E-state index is 0.0887. The van der Waals surface area contributed by atoms with Gasteiger partial charge in [-0.15, -0.1) is 0 Å². The predicted molar refractivity (Wildman–Crippen MR) is 72.7 cm³/mol. The minimum absolute atomic E-state index is 0.0887. The van der Waals surface area contributed by atoms with Gasteiger partial charge in [-0.25, -0.2) is 0 Å². The molecule has 0 saturated carbocycles. The number of benzene rings is 1. The highest BCUT2D eigenvalue weighted by atomic mass is 16.5. The molecule has 0 aliphatic rings. The summed E-state index contributed by atoms with van der Waals surface area (Å²) in [7, 11) is 3.67. The van der Waals surface area contributed by atoms with Gasteiger partial charge >= 0.3 is 0 Å². The van der Waals surface area contributed by atoms with E-state index >= 15 is 0 Å². The van der Waals surface area contributed by atoms with Crippen LogP contribution in [0.3, 0.4) is 0 Å². The van der Waals surface area contributed by atoms with Crippen molar-refractivity contribution < 1.29 is 4.74 Å². The first-order valence-corrected chi connectivity index (χ1v) is 6.07. The molecule has 96 valence electrons. The molecular weight excluding hydrogens is 212 g/mol. The Morgan fingerprint density at radius 1 is 1.29 bits per heavy atom. The molecule has 0 aliphatic carbocycles. The topological polar surface area (TPSA) is 47.3 Å². The molecule has 0 fully saturated rings. The number of methoxy groups -OCH3 is 1. The lowest BCUT2D eigenvalue weighted by Gasteiger charge is -2.20. The van der Waals surface area contributed by atoms with Crippen molar-refractivity contribution in [1.29, 1.82) is 0 Å². The molecule has 0 spiro atoms. The van der Waals surface area contributed by atoms with Crippen molar-refractivity contribution in [3.05, 3.63) is 28.3 Å². The smallest absolute Gasteiger partial charge is 0.124 e. The molecule has 1 aromatic carbocycles. The number of ether oxygens (including phenoxy) is 1. The van der Waals surface area contributed by atoms with E-state index in [2.05, 4.69) is 32.2 Å². The van der Waals surface area contributed by atoms with Crippen molar-refractivity contribution in [2.24, 2.45) is 5.73 Å². The molecule has 3 heteroatoms. The molecule has 0 radical (unpaired) electrons. The molecule has 0 aliphatic heterocycles. The first-order chi connectivity index (χ1) is 8.02. The molecule has 1 atom stereocenters. The maximum Gasteiger partial charge on any atom is 0.124 e. The number of aryl methyl sites for hydroxylation is 1. The Kier molecular flexibility index (Phi) is 4.97. The van der Waals surface area contributed by atoms with Gasteiger partial charge in [0, 0.05) is 6.04 Å². The Balaban J connectivity index is 3.09. The number of nitrogens with one attached hydrogen (secondary N) is 1. The summed E-state index contributed by atoms with van der Waals surface area (Å²) in [4.78, 5) is 0. The Hall–Kier alpha value is -1.06. The highest BCUT2D eigenvalue weighted by Gasteiger charge is 2.15. The predicted octanol–water partition coefficient (Wildman–Crippen LogP) is 2.23. The molecule has 0 amide bonds. The van der Waals surface area contributed by atoms with E-state index in [1.54, 1.807) is 7.11 Å². The van der Waals surface area contributed by atoms with Crippen LogP contribution in [0.1, 0.15) is 34.7 Å². The van der Waals surface area contributed by atoms with Crippen LogP contribution in [0.15, 0.2) is 6.07 Å². The van der Waals surface area contributed by atoms with Crippen LogP contribution in [-0.4, -0.2) is 20.7 Å². The monoisotopic (exact) mass is 236 g/mol. The van der Waals surface area contributed by atoms with Crippen molar-refractivity contribution >= 4 is 0 Å². The molecule has 3 N–H and O–H groups in total. The third-order valence-electron chi connectivity index (χ3n) is 3.38. The van der Waals surface area contributed by atoms with E-state index in [9.17, 15) is 0 Å². The zero-order chi connectivity index (χ0) is 13.0. The maximum atomic E-state index is 6.23. The molecule has 3 nitrogen and oxygen atoms in total. The summed E-state index contributed by atoms with van der Waals surface area (Å²) in [6.07, 6.45) is 0.947. The molecular formula is C14H24N2O. The van der Waals surface area contributed by atoms with Crippen LogP contribution in [0.4, 0.5) is 0 Å². The van der Waals surface area contributed by atoms with Crippen LogP contribution in [0.5, 0.6) is 5.75 Å². The third kappa shape index (κ3) is 2.99. The largest absolute Gasteiger partial charge is 0.496 e. The first kappa shape index (κ1) is 14.0. The Bertz CT molecular complexity index is 388. The zero-order valence-electron chi connectivity index (χ0n) is 11.6. The van der Waals surface area contributed by atoms with Gasteiger partial charge in [0.25, 0.3) is 0 Å². The standard InChI is InChI=1S/C14H24N2O/c1-9-8-12(13(15)6-7-16-4)10(2)11(3)14(9)17-5/h8,13,16H,6-7,15H2,1-5H3. The summed E-state index contributed by atoms with van der Waals surface area (Å²) in [6.45, 7) is 7.21. The normalized spacial score (nSPS) is 12.6. The second kappa shape index (κ2) is 6.03. The Morgan fingerprint density at radius 3 is 2.47 bits per heavy atom. The van der Waals surface area contributed by atoms with Gasteiger partial charge in [0.05, 0.1) is 7.11 Å². The van der Waals surface area contributed by atoms with E-state index in [4.69, 9.17) is 10.5 Å². The van der Waals surface area contributed by atoms with E-state index in [-0.39, 0.29) is 6.04 Å². The summed E-state index contributed by atoms with van der Waals surface area (Å²) in [6, 6.07) is 2.24. The summed E-state index contributed by atoms with van der Waals surface area (Å²) >= 11 is 0. The second-order valence-corrected chi connectivity index (χ2v) is 4.56. The van der Waals surface area contributed by atoms with Gasteiger partial charge in [-0.2, -0.15) is 0 Å². The molecule has 0 bridgehead atoms. The molecule has 1 aromatic rings. The van der Waals surface area contributed by atoms with Crippen molar-refractivity contribution in [3.8, 4) is 5.75 Å². The third-order valence-corrected chi connectivity index (χ3v) is 3.38. The number of hydrogen-bond donors (Lipinski definition) is 2. The maximum absolute atomic E-state index is 6.23. The SMILES string of the molecule is CNCCC(N)c1cc(C)c(OC)c(C)c1C. The number of nitrogens with two attached hydrogens (primary N) is 1. The first-order valence-electron chi connectivity index (χ1n) is 6.07. The van der Waals surface area contributed by atoms with E-state index in [1.807, 2.05) is 7.05 Å². The average Bonchev–Trinajstić information content (AvgIpc) is 2.31. The van der Waals surface area contributed by atoms with Gasteiger partial charge < -0.3 is 15.8 Å². The Labute approximate surface area is 104 Å². The fourth-order valence-electron chi connectivity index (χ4n) is 2.24. The van der Waals surface area contributed by atoms with Crippen LogP contribution in [0.25, 0.3) is 0 Å². The van der Waals surface area contributed by atoms with Crippen molar-refractivity contribution in [2.45, 2.75) is 33.2 Å². The highest BCUT2D eigenvalue weighted by Crippen LogP contribution is 2.31. The van der Waals surface area contributed by atoms with E-state index in [0.29, 0.717) is 0 Å². The minimum Gasteiger partial charge on any atom is -0.496 e. The molecule has 0 aromatic heterocycles. The quantitative estimate of drug-likeness (QED) is 0.824. The van der Waals surface area contributed by atoms with Crippen LogP contribution in [0, 0.1) is 20.8 Å². The van der Waals surface area contributed by atoms with E-state index in [0.717, 1.165) is 24.3 Å². The molecule has 0 heterocycles. The van der Waals surface area contributed by atoms with Crippen LogP contribution < -0.4 is 15.8 Å².